The number of hydrogen-bond acceptors (Lipinski definition) is 5. The van der Waals surface area contributed by atoms with Crippen molar-refractivity contribution in [2.45, 2.75) is 31.6 Å². The molecule has 0 radical (unpaired) electrons. The Morgan fingerprint density at radius 1 is 1.37 bits per heavy atom. The van der Waals surface area contributed by atoms with E-state index in [2.05, 4.69) is 4.90 Å². The van der Waals surface area contributed by atoms with Crippen LogP contribution in [0.25, 0.3) is 0 Å². The zero-order valence-electron chi connectivity index (χ0n) is 10.6. The van der Waals surface area contributed by atoms with Crippen molar-refractivity contribution in [2.75, 3.05) is 18.8 Å². The van der Waals surface area contributed by atoms with Gasteiger partial charge in [-0.2, -0.15) is 0 Å². The molecule has 1 aromatic rings. The van der Waals surface area contributed by atoms with Crippen molar-refractivity contribution in [2.24, 2.45) is 0 Å². The Bertz CT molecular complexity index is 494. The van der Waals surface area contributed by atoms with E-state index in [9.17, 15) is 10.1 Å². The molecular weight excluding hydrogens is 246 g/mol. The maximum absolute atomic E-state index is 10.9. The number of hydrogen-bond donors (Lipinski definition) is 1. The molecule has 0 spiro atoms. The number of nitro groups is 1. The second-order valence-corrected chi connectivity index (χ2v) is 5.30. The van der Waals surface area contributed by atoms with Gasteiger partial charge in [-0.05, 0) is 24.5 Å². The largest absolute Gasteiger partial charge is 0.393 e. The minimum Gasteiger partial charge on any atom is -0.393 e. The summed E-state index contributed by atoms with van der Waals surface area (Å²) >= 11 is 0. The second-order valence-electron chi connectivity index (χ2n) is 5.30. The molecule has 6 nitrogen and oxygen atoms in total. The monoisotopic (exact) mass is 263 g/mol. The van der Waals surface area contributed by atoms with E-state index in [1.165, 1.54) is 0 Å². The van der Waals surface area contributed by atoms with E-state index >= 15 is 0 Å². The van der Waals surface area contributed by atoms with E-state index in [-0.39, 0.29) is 11.4 Å². The molecule has 2 bridgehead atoms. The number of nitrogens with zero attached hydrogens (tertiary/aromatic N) is 2. The Kier molecular flexibility index (Phi) is 3.12. The Hall–Kier alpha value is -1.66. The molecule has 2 fully saturated rings. The summed E-state index contributed by atoms with van der Waals surface area (Å²) in [6.45, 7) is 2.54. The molecule has 2 N–H and O–H groups in total. The maximum atomic E-state index is 10.9. The highest BCUT2D eigenvalue weighted by atomic mass is 16.6. The molecule has 0 amide bonds. The molecule has 2 atom stereocenters. The Labute approximate surface area is 111 Å². The molecule has 2 heterocycles. The predicted octanol–water partition coefficient (Wildman–Crippen LogP) is 1.54. The number of ether oxygens (including phenoxy) is 1. The van der Waals surface area contributed by atoms with E-state index in [1.54, 1.807) is 12.1 Å². The second kappa shape index (κ2) is 4.79. The van der Waals surface area contributed by atoms with E-state index in [0.717, 1.165) is 38.0 Å². The third-order valence-corrected chi connectivity index (χ3v) is 3.82. The molecular formula is C13H17N3O3. The Morgan fingerprint density at radius 3 is 2.68 bits per heavy atom. The summed E-state index contributed by atoms with van der Waals surface area (Å²) in [6, 6.07) is 5.05. The van der Waals surface area contributed by atoms with Gasteiger partial charge in [0.05, 0.1) is 17.1 Å². The molecule has 2 unspecified atom stereocenters. The van der Waals surface area contributed by atoms with Crippen LogP contribution in [0.15, 0.2) is 18.2 Å². The first-order chi connectivity index (χ1) is 9.11. The maximum Gasteiger partial charge on any atom is 0.292 e. The minimum atomic E-state index is -0.429. The summed E-state index contributed by atoms with van der Waals surface area (Å²) in [5, 5.41) is 10.9. The summed E-state index contributed by atoms with van der Waals surface area (Å²) in [4.78, 5) is 12.8. The molecule has 1 aromatic carbocycles. The number of anilines is 1. The van der Waals surface area contributed by atoms with Crippen LogP contribution in [0, 0.1) is 10.1 Å². The average Bonchev–Trinajstić information content (AvgIpc) is 2.71. The normalized spacial score (nSPS) is 26.5. The van der Waals surface area contributed by atoms with Crippen molar-refractivity contribution in [1.29, 1.82) is 0 Å². The van der Waals surface area contributed by atoms with Gasteiger partial charge in [-0.25, -0.2) is 0 Å². The van der Waals surface area contributed by atoms with Gasteiger partial charge in [0.1, 0.15) is 5.69 Å². The minimum absolute atomic E-state index is 0.00580. The molecule has 6 heteroatoms. The molecule has 0 saturated carbocycles. The van der Waals surface area contributed by atoms with Gasteiger partial charge in [0.25, 0.3) is 5.69 Å². The zero-order chi connectivity index (χ0) is 13.4. The highest BCUT2D eigenvalue weighted by Crippen LogP contribution is 2.28. The molecule has 2 aliphatic heterocycles. The fourth-order valence-electron chi connectivity index (χ4n) is 2.93. The van der Waals surface area contributed by atoms with Crippen LogP contribution in [0.3, 0.4) is 0 Å². The van der Waals surface area contributed by atoms with Crippen molar-refractivity contribution >= 4 is 11.4 Å². The molecule has 0 aromatic heterocycles. The highest BCUT2D eigenvalue weighted by Gasteiger charge is 2.33. The predicted molar refractivity (Wildman–Crippen MR) is 70.7 cm³/mol. The quantitative estimate of drug-likeness (QED) is 0.508. The number of likely N-dealkylation sites (tertiary alicyclic amines) is 1. The summed E-state index contributed by atoms with van der Waals surface area (Å²) < 4.78 is 5.78. The van der Waals surface area contributed by atoms with Crippen LogP contribution in [0.1, 0.15) is 18.4 Å². The molecule has 19 heavy (non-hydrogen) atoms. The van der Waals surface area contributed by atoms with Gasteiger partial charge in [-0.15, -0.1) is 0 Å². The van der Waals surface area contributed by atoms with Crippen molar-refractivity contribution < 1.29 is 9.66 Å². The van der Waals surface area contributed by atoms with Crippen molar-refractivity contribution in [1.82, 2.24) is 4.90 Å². The zero-order valence-corrected chi connectivity index (χ0v) is 10.6. The van der Waals surface area contributed by atoms with Crippen molar-refractivity contribution in [3.63, 3.8) is 0 Å². The van der Waals surface area contributed by atoms with Gasteiger partial charge in [0.2, 0.25) is 0 Å². The number of morpholine rings is 1. The third kappa shape index (κ3) is 2.54. The van der Waals surface area contributed by atoms with Gasteiger partial charge in [0.15, 0.2) is 0 Å². The first-order valence-corrected chi connectivity index (χ1v) is 6.52. The number of fused-ring (bicyclic) bond motifs is 2. The molecule has 0 aliphatic carbocycles. The highest BCUT2D eigenvalue weighted by molar-refractivity contribution is 5.59. The van der Waals surface area contributed by atoms with Crippen LogP contribution in [-0.2, 0) is 11.3 Å². The summed E-state index contributed by atoms with van der Waals surface area (Å²) in [6.07, 6.45) is 2.93. The van der Waals surface area contributed by atoms with Crippen LogP contribution >= 0.6 is 0 Å². The smallest absolute Gasteiger partial charge is 0.292 e. The number of nitrogens with two attached hydrogens (primary N) is 1. The van der Waals surface area contributed by atoms with Gasteiger partial charge in [0, 0.05) is 25.7 Å². The lowest BCUT2D eigenvalue weighted by Crippen LogP contribution is -2.41. The summed E-state index contributed by atoms with van der Waals surface area (Å²) in [7, 11) is 0. The van der Waals surface area contributed by atoms with E-state index < -0.39 is 4.92 Å². The first kappa shape index (κ1) is 12.4. The van der Waals surface area contributed by atoms with E-state index in [0.29, 0.717) is 12.2 Å². The Morgan fingerprint density at radius 2 is 2.05 bits per heavy atom. The van der Waals surface area contributed by atoms with Gasteiger partial charge in [-0.3, -0.25) is 15.0 Å². The number of nitrogen functional groups attached to an aromatic ring is 1. The molecule has 3 rings (SSSR count). The van der Waals surface area contributed by atoms with Gasteiger partial charge < -0.3 is 10.5 Å². The fourth-order valence-corrected chi connectivity index (χ4v) is 2.93. The van der Waals surface area contributed by atoms with Crippen LogP contribution in [0.2, 0.25) is 0 Å². The number of benzene rings is 1. The van der Waals surface area contributed by atoms with E-state index in [1.807, 2.05) is 6.07 Å². The molecule has 2 aliphatic rings. The summed E-state index contributed by atoms with van der Waals surface area (Å²) in [5.74, 6) is 0. The third-order valence-electron chi connectivity index (χ3n) is 3.82. The molecule has 102 valence electrons. The van der Waals surface area contributed by atoms with Crippen LogP contribution in [0.4, 0.5) is 11.4 Å². The standard InChI is InChI=1S/C13H17N3O3/c14-12-4-1-9(5-13(12)16(17)18)6-15-7-10-2-3-11(8-15)19-10/h1,4-5,10-11H,2-3,6-8,14H2. The first-order valence-electron chi connectivity index (χ1n) is 6.52. The molecule has 2 saturated heterocycles. The lowest BCUT2D eigenvalue weighted by atomic mass is 10.1. The lowest BCUT2D eigenvalue weighted by molar-refractivity contribution is -0.384. The van der Waals surface area contributed by atoms with Crippen LogP contribution in [0.5, 0.6) is 0 Å². The van der Waals surface area contributed by atoms with Gasteiger partial charge >= 0.3 is 0 Å². The van der Waals surface area contributed by atoms with Crippen molar-refractivity contribution in [3.8, 4) is 0 Å². The topological polar surface area (TPSA) is 81.6 Å². The number of nitro benzene ring substituents is 1. The van der Waals surface area contributed by atoms with Crippen molar-refractivity contribution in [3.05, 3.63) is 33.9 Å². The van der Waals surface area contributed by atoms with Crippen LogP contribution in [-0.4, -0.2) is 35.1 Å². The van der Waals surface area contributed by atoms with E-state index in [4.69, 9.17) is 10.5 Å². The lowest BCUT2D eigenvalue weighted by Gasteiger charge is -2.32. The van der Waals surface area contributed by atoms with Gasteiger partial charge in [-0.1, -0.05) is 6.07 Å². The van der Waals surface area contributed by atoms with Crippen LogP contribution < -0.4 is 5.73 Å². The SMILES string of the molecule is Nc1ccc(CN2CC3CCC(C2)O3)cc1[N+](=O)[O-]. The Balaban J connectivity index is 1.73. The fraction of sp³-hybridized carbons (Fsp3) is 0.538. The number of rotatable bonds is 3. The summed E-state index contributed by atoms with van der Waals surface area (Å²) in [5.41, 5.74) is 6.75. The average molecular weight is 263 g/mol.